The van der Waals surface area contributed by atoms with E-state index in [-0.39, 0.29) is 4.92 Å². The van der Waals surface area contributed by atoms with Crippen molar-refractivity contribution in [3.8, 4) is 0 Å². The van der Waals surface area contributed by atoms with E-state index >= 15 is 0 Å². The normalized spacial score (nSPS) is 11.9. The van der Waals surface area contributed by atoms with Crippen LogP contribution in [-0.2, 0) is 6.42 Å². The first-order valence-corrected chi connectivity index (χ1v) is 5.91. The van der Waals surface area contributed by atoms with Crippen molar-refractivity contribution in [2.75, 3.05) is 5.73 Å². The molecule has 1 heterocycles. The summed E-state index contributed by atoms with van der Waals surface area (Å²) < 4.78 is 0. The maximum absolute atomic E-state index is 10.9. The van der Waals surface area contributed by atoms with Crippen LogP contribution in [0, 0.1) is 10.1 Å². The predicted molar refractivity (Wildman–Crippen MR) is 72.1 cm³/mol. The lowest BCUT2D eigenvalue weighted by Crippen LogP contribution is -2.31. The maximum atomic E-state index is 10.9. The highest BCUT2D eigenvalue weighted by Crippen LogP contribution is 2.27. The van der Waals surface area contributed by atoms with Crippen LogP contribution < -0.4 is 5.73 Å². The summed E-state index contributed by atoms with van der Waals surface area (Å²) in [5, 5.41) is 11.9. The number of aromatic amines is 1. The molecular weight excluding hydrogens is 230 g/mol. The molecule has 0 radical (unpaired) electrons. The Hall–Kier alpha value is -2.04. The van der Waals surface area contributed by atoms with Gasteiger partial charge in [0.05, 0.1) is 0 Å². The molecule has 0 bridgehead atoms. The number of nitrogens with zero attached hydrogens (tertiary/aromatic N) is 1. The molecule has 1 aromatic heterocycles. The third-order valence-corrected chi connectivity index (χ3v) is 3.33. The van der Waals surface area contributed by atoms with Gasteiger partial charge in [0, 0.05) is 41.7 Å². The summed E-state index contributed by atoms with van der Waals surface area (Å²) in [6, 6.07) is 7.81. The van der Waals surface area contributed by atoms with E-state index in [9.17, 15) is 10.1 Å². The van der Waals surface area contributed by atoms with E-state index in [2.05, 4.69) is 4.98 Å². The van der Waals surface area contributed by atoms with E-state index in [1.54, 1.807) is 13.8 Å². The molecule has 0 fully saturated rings. The minimum atomic E-state index is -0.926. The summed E-state index contributed by atoms with van der Waals surface area (Å²) in [4.78, 5) is 13.8. The monoisotopic (exact) mass is 247 g/mol. The Bertz CT molecular complexity index is 587. The van der Waals surface area contributed by atoms with Gasteiger partial charge >= 0.3 is 0 Å². The fourth-order valence-corrected chi connectivity index (χ4v) is 2.01. The number of H-pyrrole nitrogens is 1. The zero-order chi connectivity index (χ0) is 13.3. The highest BCUT2D eigenvalue weighted by molar-refractivity contribution is 5.88. The summed E-state index contributed by atoms with van der Waals surface area (Å²) >= 11 is 0. The number of nitrogens with one attached hydrogen (secondary N) is 1. The number of nitrogens with two attached hydrogens (primary N) is 1. The predicted octanol–water partition coefficient (Wildman–Crippen LogP) is 2.74. The molecule has 0 unspecified atom stereocenters. The Labute approximate surface area is 105 Å². The second-order valence-electron chi connectivity index (χ2n) is 5.13. The number of nitrogen functional groups attached to an aromatic ring is 1. The largest absolute Gasteiger partial charge is 0.385 e. The number of aryl methyl sites for hydroxylation is 1. The minimum absolute atomic E-state index is 0.238. The van der Waals surface area contributed by atoms with E-state index in [1.807, 2.05) is 24.3 Å². The van der Waals surface area contributed by atoms with Gasteiger partial charge in [-0.2, -0.15) is 0 Å². The van der Waals surface area contributed by atoms with Gasteiger partial charge in [0.1, 0.15) is 5.82 Å². The van der Waals surface area contributed by atoms with Gasteiger partial charge in [0.25, 0.3) is 0 Å². The van der Waals surface area contributed by atoms with Crippen LogP contribution in [0.4, 0.5) is 5.82 Å². The topological polar surface area (TPSA) is 85.0 Å². The Kier molecular flexibility index (Phi) is 2.98. The number of para-hydroxylation sites is 1. The first-order chi connectivity index (χ1) is 8.42. The van der Waals surface area contributed by atoms with Crippen molar-refractivity contribution in [3.63, 3.8) is 0 Å². The van der Waals surface area contributed by atoms with Crippen molar-refractivity contribution < 1.29 is 4.92 Å². The molecule has 96 valence electrons. The van der Waals surface area contributed by atoms with Crippen molar-refractivity contribution in [1.82, 2.24) is 4.98 Å². The summed E-state index contributed by atoms with van der Waals surface area (Å²) in [6.45, 7) is 3.27. The number of anilines is 1. The molecule has 3 N–H and O–H groups in total. The number of benzene rings is 1. The van der Waals surface area contributed by atoms with Crippen LogP contribution in [-0.4, -0.2) is 15.4 Å². The lowest BCUT2D eigenvalue weighted by Gasteiger charge is -2.15. The SMILES string of the molecule is CC(C)(CCc1c(N)[nH]c2ccccc12)[N+](=O)[O-]. The summed E-state index contributed by atoms with van der Waals surface area (Å²) in [7, 11) is 0. The second-order valence-corrected chi connectivity index (χ2v) is 5.13. The van der Waals surface area contributed by atoms with Crippen LogP contribution in [0.3, 0.4) is 0 Å². The number of fused-ring (bicyclic) bond motifs is 1. The van der Waals surface area contributed by atoms with Crippen LogP contribution in [0.2, 0.25) is 0 Å². The third kappa shape index (κ3) is 2.16. The first-order valence-electron chi connectivity index (χ1n) is 5.91. The van der Waals surface area contributed by atoms with Crippen LogP contribution in [0.5, 0.6) is 0 Å². The summed E-state index contributed by atoms with van der Waals surface area (Å²) in [6.07, 6.45) is 1.07. The van der Waals surface area contributed by atoms with Crippen molar-refractivity contribution in [1.29, 1.82) is 0 Å². The number of rotatable bonds is 4. The number of nitro groups is 1. The van der Waals surface area contributed by atoms with Crippen LogP contribution in [0.15, 0.2) is 24.3 Å². The van der Waals surface area contributed by atoms with Crippen molar-refractivity contribution in [2.24, 2.45) is 0 Å². The van der Waals surface area contributed by atoms with Gasteiger partial charge in [-0.15, -0.1) is 0 Å². The van der Waals surface area contributed by atoms with Crippen molar-refractivity contribution in [3.05, 3.63) is 39.9 Å². The van der Waals surface area contributed by atoms with Gasteiger partial charge in [-0.25, -0.2) is 0 Å². The lowest BCUT2D eigenvalue weighted by molar-refractivity contribution is -0.561. The Morgan fingerprint density at radius 3 is 2.72 bits per heavy atom. The fourth-order valence-electron chi connectivity index (χ4n) is 2.01. The zero-order valence-electron chi connectivity index (χ0n) is 10.6. The molecule has 0 spiro atoms. The molecule has 0 aliphatic carbocycles. The number of hydrogen-bond donors (Lipinski definition) is 2. The van der Waals surface area contributed by atoms with E-state index in [4.69, 9.17) is 5.73 Å². The second kappa shape index (κ2) is 4.33. The molecule has 2 aromatic rings. The maximum Gasteiger partial charge on any atom is 0.217 e. The van der Waals surface area contributed by atoms with Gasteiger partial charge < -0.3 is 10.7 Å². The minimum Gasteiger partial charge on any atom is -0.385 e. The molecule has 0 aliphatic heterocycles. The molecule has 5 nitrogen and oxygen atoms in total. The highest BCUT2D eigenvalue weighted by atomic mass is 16.6. The summed E-state index contributed by atoms with van der Waals surface area (Å²) in [5.74, 6) is 0.607. The number of hydrogen-bond acceptors (Lipinski definition) is 3. The average molecular weight is 247 g/mol. The smallest absolute Gasteiger partial charge is 0.217 e. The quantitative estimate of drug-likeness (QED) is 0.643. The molecule has 0 saturated heterocycles. The lowest BCUT2D eigenvalue weighted by atomic mass is 9.95. The average Bonchev–Trinajstić information content (AvgIpc) is 2.62. The standard InChI is InChI=1S/C13H17N3O2/c1-13(2,16(17)18)8-7-10-9-5-3-4-6-11(9)15-12(10)14/h3-6,15H,7-8,14H2,1-2H3. The van der Waals surface area contributed by atoms with Gasteiger partial charge in [0.2, 0.25) is 5.54 Å². The molecule has 0 aliphatic rings. The van der Waals surface area contributed by atoms with E-state index in [1.165, 1.54) is 0 Å². The molecule has 2 rings (SSSR count). The molecular formula is C13H17N3O2. The summed E-state index contributed by atoms with van der Waals surface area (Å²) in [5.41, 5.74) is 6.96. The first kappa shape index (κ1) is 12.4. The number of aromatic nitrogens is 1. The third-order valence-electron chi connectivity index (χ3n) is 3.33. The molecule has 5 heteroatoms. The van der Waals surface area contributed by atoms with E-state index < -0.39 is 5.54 Å². The Morgan fingerprint density at radius 2 is 2.06 bits per heavy atom. The fraction of sp³-hybridized carbons (Fsp3) is 0.385. The molecule has 0 amide bonds. The van der Waals surface area contributed by atoms with Crippen LogP contribution >= 0.6 is 0 Å². The van der Waals surface area contributed by atoms with E-state index in [0.29, 0.717) is 18.7 Å². The Balaban J connectivity index is 2.27. The zero-order valence-corrected chi connectivity index (χ0v) is 10.6. The van der Waals surface area contributed by atoms with Gasteiger partial charge in [0.15, 0.2) is 0 Å². The molecule has 1 aromatic carbocycles. The van der Waals surface area contributed by atoms with Crippen molar-refractivity contribution in [2.45, 2.75) is 32.2 Å². The molecule has 18 heavy (non-hydrogen) atoms. The van der Waals surface area contributed by atoms with Crippen LogP contribution in [0.1, 0.15) is 25.8 Å². The molecule has 0 atom stereocenters. The van der Waals surface area contributed by atoms with Gasteiger partial charge in [-0.3, -0.25) is 10.1 Å². The van der Waals surface area contributed by atoms with Crippen LogP contribution in [0.25, 0.3) is 10.9 Å². The highest BCUT2D eigenvalue weighted by Gasteiger charge is 2.30. The van der Waals surface area contributed by atoms with Crippen molar-refractivity contribution >= 4 is 16.7 Å². The van der Waals surface area contributed by atoms with Gasteiger partial charge in [-0.1, -0.05) is 18.2 Å². The van der Waals surface area contributed by atoms with E-state index in [0.717, 1.165) is 16.5 Å². The Morgan fingerprint density at radius 1 is 1.39 bits per heavy atom. The molecule has 0 saturated carbocycles. The van der Waals surface area contributed by atoms with Gasteiger partial charge in [-0.05, 0) is 12.5 Å².